The highest BCUT2D eigenvalue weighted by molar-refractivity contribution is 7.07. The highest BCUT2D eigenvalue weighted by atomic mass is 32.1. The first kappa shape index (κ1) is 26.2. The molecule has 7 nitrogen and oxygen atoms in total. The summed E-state index contributed by atoms with van der Waals surface area (Å²) in [6.45, 7) is 11.7. The van der Waals surface area contributed by atoms with Crippen molar-refractivity contribution in [2.45, 2.75) is 39.8 Å². The monoisotopic (exact) mass is 518 g/mol. The molecule has 8 heteroatoms. The number of rotatable bonds is 9. The van der Waals surface area contributed by atoms with Crippen LogP contribution in [0.2, 0.25) is 0 Å². The van der Waals surface area contributed by atoms with E-state index in [9.17, 15) is 9.59 Å². The highest BCUT2D eigenvalue weighted by Crippen LogP contribution is 2.31. The van der Waals surface area contributed by atoms with Gasteiger partial charge in [0.1, 0.15) is 18.1 Å². The molecule has 3 aromatic rings. The summed E-state index contributed by atoms with van der Waals surface area (Å²) in [7, 11) is 0. The molecule has 0 spiro atoms. The first-order valence-corrected chi connectivity index (χ1v) is 12.9. The van der Waals surface area contributed by atoms with Crippen molar-refractivity contribution in [1.29, 1.82) is 0 Å². The first-order chi connectivity index (χ1) is 17.8. The molecule has 1 aliphatic rings. The summed E-state index contributed by atoms with van der Waals surface area (Å²) < 4.78 is 19.0. The number of aromatic nitrogens is 1. The van der Waals surface area contributed by atoms with Crippen LogP contribution in [0.15, 0.2) is 82.2 Å². The van der Waals surface area contributed by atoms with Crippen molar-refractivity contribution in [3.63, 3.8) is 0 Å². The van der Waals surface area contributed by atoms with Gasteiger partial charge in [0.2, 0.25) is 0 Å². The average molecular weight is 519 g/mol. The Morgan fingerprint density at radius 3 is 2.59 bits per heavy atom. The third kappa shape index (κ3) is 5.59. The zero-order valence-electron chi connectivity index (χ0n) is 21.4. The van der Waals surface area contributed by atoms with Crippen molar-refractivity contribution in [1.82, 2.24) is 4.57 Å². The van der Waals surface area contributed by atoms with E-state index in [-0.39, 0.29) is 18.3 Å². The van der Waals surface area contributed by atoms with Gasteiger partial charge in [-0.2, -0.15) is 0 Å². The molecule has 0 aliphatic carbocycles. The maximum Gasteiger partial charge on any atom is 0.338 e. The molecule has 0 bridgehead atoms. The van der Waals surface area contributed by atoms with Crippen molar-refractivity contribution in [3.05, 3.63) is 103 Å². The number of carbonyl (C=O) groups excluding carboxylic acids is 1. The van der Waals surface area contributed by atoms with Crippen molar-refractivity contribution in [2.75, 3.05) is 13.2 Å². The fourth-order valence-electron chi connectivity index (χ4n) is 4.11. The van der Waals surface area contributed by atoms with Gasteiger partial charge in [0, 0.05) is 5.56 Å². The third-order valence-electron chi connectivity index (χ3n) is 5.65. The maximum atomic E-state index is 13.8. The standard InChI is InChI=1S/C29H30N2O5S/c1-6-16-35-22-14-12-20(13-15-22)26-25(28(33)34-7-2)19(5)30-29-31(26)27(32)24(37-29)17-21-10-8-9-11-23(21)36-18(3)4/h6,8-15,17-18,26H,1,7,16H2,2-5H3/t26-/m0/s1. The van der Waals surface area contributed by atoms with E-state index >= 15 is 0 Å². The lowest BCUT2D eigenvalue weighted by Gasteiger charge is -2.24. The largest absolute Gasteiger partial charge is 0.490 e. The van der Waals surface area contributed by atoms with Gasteiger partial charge >= 0.3 is 5.97 Å². The summed E-state index contributed by atoms with van der Waals surface area (Å²) in [5, 5.41) is 0. The molecule has 37 heavy (non-hydrogen) atoms. The van der Waals surface area contributed by atoms with Gasteiger partial charge in [0.05, 0.1) is 34.6 Å². The lowest BCUT2D eigenvalue weighted by atomic mass is 9.96. The number of ether oxygens (including phenoxy) is 3. The normalized spacial score (nSPS) is 15.3. The van der Waals surface area contributed by atoms with E-state index < -0.39 is 12.0 Å². The molecule has 0 N–H and O–H groups in total. The van der Waals surface area contributed by atoms with Gasteiger partial charge < -0.3 is 14.2 Å². The smallest absolute Gasteiger partial charge is 0.338 e. The zero-order valence-corrected chi connectivity index (χ0v) is 22.2. The van der Waals surface area contributed by atoms with Crippen LogP contribution >= 0.6 is 11.3 Å². The molecule has 0 saturated carbocycles. The van der Waals surface area contributed by atoms with Crippen LogP contribution in [0, 0.1) is 0 Å². The molecule has 1 aromatic heterocycles. The van der Waals surface area contributed by atoms with Crippen LogP contribution in [0.3, 0.4) is 0 Å². The molecule has 2 aromatic carbocycles. The first-order valence-electron chi connectivity index (χ1n) is 12.1. The number of benzene rings is 2. The minimum atomic E-state index is -0.687. The second-order valence-electron chi connectivity index (χ2n) is 8.68. The maximum absolute atomic E-state index is 13.8. The van der Waals surface area contributed by atoms with Crippen molar-refractivity contribution < 1.29 is 19.0 Å². The van der Waals surface area contributed by atoms with Crippen LogP contribution in [-0.2, 0) is 9.53 Å². The van der Waals surface area contributed by atoms with Crippen molar-refractivity contribution in [3.8, 4) is 11.5 Å². The molecule has 192 valence electrons. The topological polar surface area (TPSA) is 79.1 Å². The van der Waals surface area contributed by atoms with E-state index in [1.54, 1.807) is 24.5 Å². The number of esters is 1. The molecule has 0 amide bonds. The molecule has 0 fully saturated rings. The number of hydrogen-bond acceptors (Lipinski definition) is 7. The van der Waals surface area contributed by atoms with Gasteiger partial charge in [-0.3, -0.25) is 9.36 Å². The van der Waals surface area contributed by atoms with E-state index in [4.69, 9.17) is 14.2 Å². The Hall–Kier alpha value is -3.91. The van der Waals surface area contributed by atoms with Gasteiger partial charge in [-0.1, -0.05) is 54.3 Å². The van der Waals surface area contributed by atoms with Crippen molar-refractivity contribution >= 4 is 23.4 Å². The number of carbonyl (C=O) groups is 1. The minimum Gasteiger partial charge on any atom is -0.490 e. The van der Waals surface area contributed by atoms with Gasteiger partial charge in [0.25, 0.3) is 5.56 Å². The Bertz CT molecular complexity index is 1510. The second kappa shape index (κ2) is 11.4. The molecule has 1 atom stereocenters. The van der Waals surface area contributed by atoms with Gasteiger partial charge in [-0.25, -0.2) is 9.79 Å². The summed E-state index contributed by atoms with van der Waals surface area (Å²) in [5.74, 6) is 0.861. The van der Waals surface area contributed by atoms with Gasteiger partial charge in [-0.15, -0.1) is 0 Å². The number of nitrogens with zero attached hydrogens (tertiary/aromatic N) is 2. The zero-order chi connectivity index (χ0) is 26.5. The van der Waals surface area contributed by atoms with Gasteiger partial charge in [-0.05, 0) is 57.5 Å². The molecule has 0 saturated heterocycles. The minimum absolute atomic E-state index is 0.0102. The summed E-state index contributed by atoms with van der Waals surface area (Å²) >= 11 is 1.28. The van der Waals surface area contributed by atoms with E-state index in [0.717, 1.165) is 11.1 Å². The quantitative estimate of drug-likeness (QED) is 0.314. The van der Waals surface area contributed by atoms with Gasteiger partial charge in [0.15, 0.2) is 4.80 Å². The van der Waals surface area contributed by atoms with Crippen LogP contribution in [0.4, 0.5) is 0 Å². The summed E-state index contributed by atoms with van der Waals surface area (Å²) in [4.78, 5) is 32.0. The third-order valence-corrected chi connectivity index (χ3v) is 6.63. The fraction of sp³-hybridized carbons (Fsp3) is 0.276. The van der Waals surface area contributed by atoms with Crippen molar-refractivity contribution in [2.24, 2.45) is 4.99 Å². The van der Waals surface area contributed by atoms with E-state index in [2.05, 4.69) is 11.6 Å². The van der Waals surface area contributed by atoms with Crippen LogP contribution in [0.5, 0.6) is 11.5 Å². The Balaban J connectivity index is 1.88. The second-order valence-corrected chi connectivity index (χ2v) is 9.68. The molecule has 0 unspecified atom stereocenters. The average Bonchev–Trinajstić information content (AvgIpc) is 3.17. The molecule has 2 heterocycles. The fourth-order valence-corrected chi connectivity index (χ4v) is 5.15. The van der Waals surface area contributed by atoms with E-state index in [1.807, 2.05) is 68.5 Å². The van der Waals surface area contributed by atoms with Crippen LogP contribution in [0.1, 0.15) is 44.9 Å². The van der Waals surface area contributed by atoms with Crippen LogP contribution in [0.25, 0.3) is 6.08 Å². The Morgan fingerprint density at radius 2 is 1.92 bits per heavy atom. The summed E-state index contributed by atoms with van der Waals surface area (Å²) in [6, 6.07) is 14.2. The number of allylic oxidation sites excluding steroid dienone is 1. The number of para-hydroxylation sites is 1. The lowest BCUT2D eigenvalue weighted by molar-refractivity contribution is -0.139. The Labute approximate surface area is 219 Å². The Kier molecular flexibility index (Phi) is 8.08. The number of hydrogen-bond donors (Lipinski definition) is 0. The summed E-state index contributed by atoms with van der Waals surface area (Å²) in [6.07, 6.45) is 3.47. The van der Waals surface area contributed by atoms with Crippen LogP contribution < -0.4 is 24.4 Å². The SMILES string of the molecule is C=CCOc1ccc([C@H]2C(C(=O)OCC)=C(C)N=c3sc(=Cc4ccccc4OC(C)C)c(=O)n32)cc1. The van der Waals surface area contributed by atoms with E-state index in [0.29, 0.717) is 38.7 Å². The predicted molar refractivity (Wildman–Crippen MR) is 145 cm³/mol. The molecule has 0 radical (unpaired) electrons. The van der Waals surface area contributed by atoms with Crippen LogP contribution in [-0.4, -0.2) is 29.9 Å². The molecule has 1 aliphatic heterocycles. The number of thiazole rings is 1. The molecular weight excluding hydrogens is 488 g/mol. The molecular formula is C29H30N2O5S. The number of fused-ring (bicyclic) bond motifs is 1. The van der Waals surface area contributed by atoms with E-state index in [1.165, 1.54) is 11.3 Å². The lowest BCUT2D eigenvalue weighted by Crippen LogP contribution is -2.39. The highest BCUT2D eigenvalue weighted by Gasteiger charge is 2.33. The predicted octanol–water partition coefficient (Wildman–Crippen LogP) is 4.15. The summed E-state index contributed by atoms with van der Waals surface area (Å²) in [5.41, 5.74) is 2.16. The Morgan fingerprint density at radius 1 is 1.19 bits per heavy atom. The molecule has 4 rings (SSSR count).